The summed E-state index contributed by atoms with van der Waals surface area (Å²) < 4.78 is 7.40. The average Bonchev–Trinajstić information content (AvgIpc) is 3.33. The maximum atomic E-state index is 13.2. The Morgan fingerprint density at radius 2 is 2.17 bits per heavy atom. The van der Waals surface area contributed by atoms with Crippen molar-refractivity contribution in [1.29, 1.82) is 0 Å². The van der Waals surface area contributed by atoms with E-state index in [1.165, 1.54) is 11.1 Å². The zero-order chi connectivity index (χ0) is 20.2. The Balaban J connectivity index is 1.35. The first-order valence-electron chi connectivity index (χ1n) is 10.7. The number of ether oxygens (including phenoxy) is 1. The number of hydrogen-bond donors (Lipinski definition) is 1. The maximum Gasteiger partial charge on any atom is 0.318 e. The van der Waals surface area contributed by atoms with Crippen LogP contribution in [0.15, 0.2) is 18.2 Å². The molecule has 154 valence electrons. The van der Waals surface area contributed by atoms with Crippen LogP contribution in [-0.4, -0.2) is 39.4 Å². The van der Waals surface area contributed by atoms with Gasteiger partial charge in [-0.15, -0.1) is 0 Å². The van der Waals surface area contributed by atoms with Crippen LogP contribution in [0, 0.1) is 0 Å². The molecule has 1 aromatic heterocycles. The second-order valence-electron chi connectivity index (χ2n) is 9.01. The third-order valence-electron chi connectivity index (χ3n) is 6.59. The van der Waals surface area contributed by atoms with Crippen molar-refractivity contribution < 1.29 is 9.53 Å². The number of nitrogens with zero attached hydrogens (tertiary/aromatic N) is 4. The van der Waals surface area contributed by atoms with E-state index >= 15 is 0 Å². The van der Waals surface area contributed by atoms with Gasteiger partial charge >= 0.3 is 6.03 Å². The van der Waals surface area contributed by atoms with Crippen molar-refractivity contribution >= 4 is 6.03 Å². The van der Waals surface area contributed by atoms with Gasteiger partial charge in [-0.3, -0.25) is 0 Å². The van der Waals surface area contributed by atoms with Gasteiger partial charge in [-0.25, -0.2) is 14.5 Å². The van der Waals surface area contributed by atoms with Gasteiger partial charge in [0.15, 0.2) is 5.82 Å². The molecule has 0 bridgehead atoms. The van der Waals surface area contributed by atoms with Gasteiger partial charge in [0.25, 0.3) is 0 Å². The molecule has 1 aromatic carbocycles. The number of benzene rings is 1. The van der Waals surface area contributed by atoms with Gasteiger partial charge in [-0.1, -0.05) is 19.9 Å². The van der Waals surface area contributed by atoms with Crippen molar-refractivity contribution in [3.63, 3.8) is 0 Å². The van der Waals surface area contributed by atoms with E-state index < -0.39 is 0 Å². The number of fused-ring (bicyclic) bond motifs is 3. The quantitative estimate of drug-likeness (QED) is 0.863. The van der Waals surface area contributed by atoms with Crippen LogP contribution < -0.4 is 10.1 Å². The van der Waals surface area contributed by atoms with Crippen LogP contribution in [0.3, 0.4) is 0 Å². The molecule has 0 radical (unpaired) electrons. The summed E-state index contributed by atoms with van der Waals surface area (Å²) in [5.74, 6) is 2.95. The SMILES string of the molecule is COc1ccc2c(c1)C1(CC1)CN(C(=O)NC1CCCn3nc(C(C)C)nc31)C2. The van der Waals surface area contributed by atoms with Gasteiger partial charge < -0.3 is 15.0 Å². The molecule has 1 N–H and O–H groups in total. The minimum Gasteiger partial charge on any atom is -0.497 e. The number of methoxy groups -OCH3 is 1. The van der Waals surface area contributed by atoms with Crippen LogP contribution in [0.1, 0.15) is 74.3 Å². The highest BCUT2D eigenvalue weighted by Gasteiger charge is 2.50. The summed E-state index contributed by atoms with van der Waals surface area (Å²) >= 11 is 0. The predicted octanol–water partition coefficient (Wildman–Crippen LogP) is 3.50. The Morgan fingerprint density at radius 3 is 2.90 bits per heavy atom. The van der Waals surface area contributed by atoms with Crippen LogP contribution in [0.4, 0.5) is 4.79 Å². The Bertz CT molecular complexity index is 947. The fourth-order valence-corrected chi connectivity index (χ4v) is 4.74. The first-order chi connectivity index (χ1) is 14.0. The number of aromatic nitrogens is 3. The second kappa shape index (κ2) is 6.75. The summed E-state index contributed by atoms with van der Waals surface area (Å²) in [6.45, 7) is 6.50. The molecule has 1 atom stereocenters. The van der Waals surface area contributed by atoms with E-state index in [-0.39, 0.29) is 23.4 Å². The molecule has 2 aliphatic heterocycles. The first-order valence-corrected chi connectivity index (χ1v) is 10.7. The highest BCUT2D eigenvalue weighted by atomic mass is 16.5. The van der Waals surface area contributed by atoms with E-state index in [0.717, 1.165) is 56.2 Å². The number of hydrogen-bond acceptors (Lipinski definition) is 4. The van der Waals surface area contributed by atoms with Gasteiger partial charge in [0, 0.05) is 31.0 Å². The molecule has 7 heteroatoms. The van der Waals surface area contributed by atoms with Crippen LogP contribution in [0.25, 0.3) is 0 Å². The minimum absolute atomic E-state index is 0.00490. The predicted molar refractivity (Wildman–Crippen MR) is 109 cm³/mol. The lowest BCUT2D eigenvalue weighted by atomic mass is 9.87. The molecule has 3 heterocycles. The normalized spacial score (nSPS) is 21.7. The zero-order valence-electron chi connectivity index (χ0n) is 17.4. The number of aryl methyl sites for hydroxylation is 1. The van der Waals surface area contributed by atoms with E-state index in [1.54, 1.807) is 7.11 Å². The van der Waals surface area contributed by atoms with Crippen molar-refractivity contribution in [2.45, 2.75) is 70.0 Å². The van der Waals surface area contributed by atoms with Crippen LogP contribution in [-0.2, 0) is 18.5 Å². The van der Waals surface area contributed by atoms with Crippen molar-refractivity contribution in [2.24, 2.45) is 0 Å². The van der Waals surface area contributed by atoms with Crippen molar-refractivity contribution in [3.05, 3.63) is 41.0 Å². The third kappa shape index (κ3) is 3.16. The molecule has 5 rings (SSSR count). The highest BCUT2D eigenvalue weighted by Crippen LogP contribution is 2.53. The van der Waals surface area contributed by atoms with E-state index in [4.69, 9.17) is 9.72 Å². The largest absolute Gasteiger partial charge is 0.497 e. The third-order valence-corrected chi connectivity index (χ3v) is 6.59. The van der Waals surface area contributed by atoms with Crippen LogP contribution in [0.5, 0.6) is 5.75 Å². The summed E-state index contributed by atoms with van der Waals surface area (Å²) in [5.41, 5.74) is 2.70. The topological polar surface area (TPSA) is 72.3 Å². The zero-order valence-corrected chi connectivity index (χ0v) is 17.4. The van der Waals surface area contributed by atoms with Crippen molar-refractivity contribution in [1.82, 2.24) is 25.0 Å². The van der Waals surface area contributed by atoms with E-state index in [2.05, 4.69) is 36.4 Å². The summed E-state index contributed by atoms with van der Waals surface area (Å²) in [6.07, 6.45) is 4.18. The lowest BCUT2D eigenvalue weighted by molar-refractivity contribution is 0.176. The van der Waals surface area contributed by atoms with Gasteiger partial charge in [-0.2, -0.15) is 5.10 Å². The van der Waals surface area contributed by atoms with E-state index in [1.807, 2.05) is 15.6 Å². The molecular formula is C22H29N5O2. The standard InChI is InChI=1S/C22H29N5O2/c1-14(2)19-24-20-18(5-4-10-27(20)25-19)23-21(28)26-12-15-6-7-16(29-3)11-17(15)22(13-26)8-9-22/h6-7,11,14,18H,4-5,8-10,12-13H2,1-3H3,(H,23,28). The monoisotopic (exact) mass is 395 g/mol. The Morgan fingerprint density at radius 1 is 1.34 bits per heavy atom. The molecule has 1 unspecified atom stereocenters. The molecule has 1 spiro atoms. The molecule has 2 amide bonds. The van der Waals surface area contributed by atoms with Crippen LogP contribution >= 0.6 is 0 Å². The lowest BCUT2D eigenvalue weighted by Crippen LogP contribution is -2.48. The molecule has 3 aliphatic rings. The van der Waals surface area contributed by atoms with E-state index in [9.17, 15) is 4.79 Å². The summed E-state index contributed by atoms with van der Waals surface area (Å²) in [7, 11) is 1.71. The maximum absolute atomic E-state index is 13.2. The van der Waals surface area contributed by atoms with E-state index in [0.29, 0.717) is 6.54 Å². The van der Waals surface area contributed by atoms with Gasteiger partial charge in [0.1, 0.15) is 11.6 Å². The second-order valence-corrected chi connectivity index (χ2v) is 9.01. The van der Waals surface area contributed by atoms with Gasteiger partial charge in [-0.05, 0) is 48.9 Å². The molecule has 1 fully saturated rings. The summed E-state index contributed by atoms with van der Waals surface area (Å²) in [6, 6.07) is 6.20. The summed E-state index contributed by atoms with van der Waals surface area (Å²) in [5, 5.41) is 7.88. The van der Waals surface area contributed by atoms with Gasteiger partial charge in [0.2, 0.25) is 0 Å². The molecule has 1 aliphatic carbocycles. The minimum atomic E-state index is -0.0660. The molecule has 29 heavy (non-hydrogen) atoms. The molecule has 0 saturated heterocycles. The Hall–Kier alpha value is -2.57. The van der Waals surface area contributed by atoms with Gasteiger partial charge in [0.05, 0.1) is 13.2 Å². The molecule has 1 saturated carbocycles. The molecule has 7 nitrogen and oxygen atoms in total. The highest BCUT2D eigenvalue weighted by molar-refractivity contribution is 5.75. The fraction of sp³-hybridized carbons (Fsp3) is 0.591. The number of urea groups is 1. The number of rotatable bonds is 3. The Labute approximate surface area is 171 Å². The van der Waals surface area contributed by atoms with Crippen LogP contribution in [0.2, 0.25) is 0 Å². The number of carbonyl (C=O) groups excluding carboxylic acids is 1. The molecular weight excluding hydrogens is 366 g/mol. The lowest BCUT2D eigenvalue weighted by Gasteiger charge is -2.36. The smallest absolute Gasteiger partial charge is 0.318 e. The first kappa shape index (κ1) is 18.5. The van der Waals surface area contributed by atoms with Crippen molar-refractivity contribution in [3.8, 4) is 5.75 Å². The number of amides is 2. The number of nitrogens with one attached hydrogen (secondary N) is 1. The average molecular weight is 396 g/mol. The number of carbonyl (C=O) groups is 1. The van der Waals surface area contributed by atoms with Crippen molar-refractivity contribution in [2.75, 3.05) is 13.7 Å². The fourth-order valence-electron chi connectivity index (χ4n) is 4.74. The molecule has 2 aromatic rings. The Kier molecular flexibility index (Phi) is 4.29. The summed E-state index contributed by atoms with van der Waals surface area (Å²) in [4.78, 5) is 19.9.